The third-order valence-electron chi connectivity index (χ3n) is 7.75. The number of carbonyl (C=O) groups is 1. The second-order valence-electron chi connectivity index (χ2n) is 10.4. The van der Waals surface area contributed by atoms with Crippen molar-refractivity contribution in [1.29, 1.82) is 5.26 Å². The number of nitriles is 1. The molecule has 0 radical (unpaired) electrons. The van der Waals surface area contributed by atoms with Crippen LogP contribution in [0.2, 0.25) is 5.02 Å². The van der Waals surface area contributed by atoms with Crippen LogP contribution in [-0.2, 0) is 6.61 Å². The molecule has 10 nitrogen and oxygen atoms in total. The molecule has 2 aromatic carbocycles. The van der Waals surface area contributed by atoms with Gasteiger partial charge >= 0.3 is 6.09 Å². The Morgan fingerprint density at radius 2 is 2.07 bits per heavy atom. The molecule has 1 amide bonds. The topological polar surface area (TPSA) is 122 Å². The summed E-state index contributed by atoms with van der Waals surface area (Å²) < 4.78 is 17.4. The first-order valence-electron chi connectivity index (χ1n) is 13.6. The van der Waals surface area contributed by atoms with E-state index in [0.717, 1.165) is 37.2 Å². The zero-order chi connectivity index (χ0) is 29.3. The van der Waals surface area contributed by atoms with Crippen molar-refractivity contribution in [3.63, 3.8) is 0 Å². The highest BCUT2D eigenvalue weighted by molar-refractivity contribution is 6.33. The fourth-order valence-electron chi connectivity index (χ4n) is 5.17. The van der Waals surface area contributed by atoms with Crippen molar-refractivity contribution in [3.8, 4) is 23.3 Å². The number of nitrogens with zero attached hydrogens (tertiary/aromatic N) is 4. The minimum absolute atomic E-state index is 0.159. The van der Waals surface area contributed by atoms with Crippen LogP contribution in [0.3, 0.4) is 0 Å². The normalized spacial score (nSPS) is 15.2. The highest BCUT2D eigenvalue weighted by Crippen LogP contribution is 2.44. The molecule has 42 heavy (non-hydrogen) atoms. The number of benzene rings is 2. The van der Waals surface area contributed by atoms with Crippen LogP contribution in [0.1, 0.15) is 29.7 Å². The van der Waals surface area contributed by atoms with Gasteiger partial charge in [0.25, 0.3) is 0 Å². The number of pyridine rings is 2. The molecular weight excluding hydrogens is 556 g/mol. The standard InChI is InChI=1S/C31H29ClN6O4/c1-19-4-3-9-35-26(19)17-41-21-5-6-24(23(32)12-21)37-29-20(15-33)16-36-25-14-28(27(40-2)13-22(25)29)42-30(39)38-11-10-34-18-31(38)7-8-31/h3-6,9,12-14,16,34H,7-8,10-11,17-18H2,1-2H3,(H,36,37). The molecule has 6 rings (SSSR count). The van der Waals surface area contributed by atoms with Crippen LogP contribution < -0.4 is 24.8 Å². The van der Waals surface area contributed by atoms with Gasteiger partial charge in [0.15, 0.2) is 11.5 Å². The van der Waals surface area contributed by atoms with Gasteiger partial charge in [0.05, 0.1) is 45.8 Å². The van der Waals surface area contributed by atoms with Crippen molar-refractivity contribution in [1.82, 2.24) is 20.2 Å². The predicted octanol–water partition coefficient (Wildman–Crippen LogP) is 5.73. The summed E-state index contributed by atoms with van der Waals surface area (Å²) in [6.07, 6.45) is 4.70. The van der Waals surface area contributed by atoms with Crippen molar-refractivity contribution >= 4 is 40.0 Å². The van der Waals surface area contributed by atoms with Crippen molar-refractivity contribution in [3.05, 3.63) is 76.7 Å². The smallest absolute Gasteiger partial charge is 0.415 e. The van der Waals surface area contributed by atoms with Gasteiger partial charge in [-0.05, 0) is 49.6 Å². The van der Waals surface area contributed by atoms with Crippen LogP contribution in [0.4, 0.5) is 16.2 Å². The molecule has 3 heterocycles. The van der Waals surface area contributed by atoms with E-state index in [9.17, 15) is 10.1 Å². The lowest BCUT2D eigenvalue weighted by atomic mass is 10.1. The minimum Gasteiger partial charge on any atom is -0.493 e. The first kappa shape index (κ1) is 27.6. The second kappa shape index (κ2) is 11.4. The third-order valence-corrected chi connectivity index (χ3v) is 8.06. The Hall–Kier alpha value is -4.59. The Kier molecular flexibility index (Phi) is 7.45. The fraction of sp³-hybridized carbons (Fsp3) is 0.290. The maximum atomic E-state index is 13.2. The van der Waals surface area contributed by atoms with Gasteiger partial charge in [0.1, 0.15) is 18.4 Å². The monoisotopic (exact) mass is 584 g/mol. The number of aromatic nitrogens is 2. The fourth-order valence-corrected chi connectivity index (χ4v) is 5.39. The third kappa shape index (κ3) is 5.36. The number of aryl methyl sites for hydroxylation is 1. The molecule has 0 unspecified atom stereocenters. The number of piperazine rings is 1. The van der Waals surface area contributed by atoms with Crippen LogP contribution in [-0.4, -0.2) is 53.2 Å². The number of rotatable bonds is 7. The number of halogens is 1. The molecule has 2 fully saturated rings. The lowest BCUT2D eigenvalue weighted by molar-refractivity contribution is 0.109. The van der Waals surface area contributed by atoms with E-state index in [4.69, 9.17) is 25.8 Å². The molecule has 2 aliphatic rings. The average molecular weight is 585 g/mol. The summed E-state index contributed by atoms with van der Waals surface area (Å²) in [5.74, 6) is 1.19. The molecule has 1 aliphatic carbocycles. The van der Waals surface area contributed by atoms with Gasteiger partial charge in [-0.2, -0.15) is 5.26 Å². The maximum Gasteiger partial charge on any atom is 0.415 e. The summed E-state index contributed by atoms with van der Waals surface area (Å²) in [7, 11) is 1.50. The molecule has 2 N–H and O–H groups in total. The van der Waals surface area contributed by atoms with E-state index in [0.29, 0.717) is 57.5 Å². The summed E-state index contributed by atoms with van der Waals surface area (Å²) >= 11 is 6.63. The number of anilines is 2. The number of amides is 1. The molecule has 0 bridgehead atoms. The van der Waals surface area contributed by atoms with Crippen molar-refractivity contribution < 1.29 is 19.0 Å². The lowest BCUT2D eigenvalue weighted by Gasteiger charge is -2.35. The number of ether oxygens (including phenoxy) is 3. The summed E-state index contributed by atoms with van der Waals surface area (Å²) in [6, 6.07) is 14.7. The van der Waals surface area contributed by atoms with Gasteiger partial charge in [-0.1, -0.05) is 17.7 Å². The minimum atomic E-state index is -0.411. The van der Waals surface area contributed by atoms with Gasteiger partial charge in [-0.15, -0.1) is 0 Å². The van der Waals surface area contributed by atoms with Crippen molar-refractivity contribution in [2.45, 2.75) is 31.9 Å². The van der Waals surface area contributed by atoms with Gasteiger partial charge in [-0.25, -0.2) is 4.79 Å². The summed E-state index contributed by atoms with van der Waals surface area (Å²) in [5, 5.41) is 17.5. The highest BCUT2D eigenvalue weighted by atomic mass is 35.5. The molecule has 0 atom stereocenters. The summed E-state index contributed by atoms with van der Waals surface area (Å²) in [4.78, 5) is 23.8. The molecule has 2 aromatic heterocycles. The number of hydrogen-bond acceptors (Lipinski definition) is 9. The van der Waals surface area contributed by atoms with Gasteiger partial charge in [0, 0.05) is 49.5 Å². The zero-order valence-corrected chi connectivity index (χ0v) is 24.0. The van der Waals surface area contributed by atoms with Gasteiger partial charge in [-0.3, -0.25) is 14.9 Å². The first-order chi connectivity index (χ1) is 20.4. The largest absolute Gasteiger partial charge is 0.493 e. The Morgan fingerprint density at radius 1 is 1.21 bits per heavy atom. The number of nitrogens with one attached hydrogen (secondary N) is 2. The van der Waals surface area contributed by atoms with E-state index in [1.807, 2.05) is 19.1 Å². The average Bonchev–Trinajstić information content (AvgIpc) is 3.76. The van der Waals surface area contributed by atoms with Crippen LogP contribution >= 0.6 is 11.6 Å². The van der Waals surface area contributed by atoms with E-state index in [1.54, 1.807) is 41.4 Å². The lowest BCUT2D eigenvalue weighted by Crippen LogP contribution is -2.56. The van der Waals surface area contributed by atoms with Gasteiger partial charge in [0.2, 0.25) is 0 Å². The Morgan fingerprint density at radius 3 is 2.81 bits per heavy atom. The van der Waals surface area contributed by atoms with E-state index < -0.39 is 6.09 Å². The Bertz CT molecular complexity index is 1720. The van der Waals surface area contributed by atoms with E-state index in [-0.39, 0.29) is 11.3 Å². The van der Waals surface area contributed by atoms with E-state index >= 15 is 0 Å². The Balaban J connectivity index is 1.26. The van der Waals surface area contributed by atoms with Crippen molar-refractivity contribution in [2.75, 3.05) is 32.1 Å². The molecule has 1 saturated heterocycles. The molecule has 11 heteroatoms. The molecule has 1 aliphatic heterocycles. The summed E-state index contributed by atoms with van der Waals surface area (Å²) in [6.45, 7) is 4.36. The van der Waals surface area contributed by atoms with Crippen LogP contribution in [0.25, 0.3) is 10.9 Å². The van der Waals surface area contributed by atoms with Crippen LogP contribution in [0.15, 0.2) is 54.9 Å². The molecule has 1 spiro atoms. The number of hydrogen-bond donors (Lipinski definition) is 2. The molecular formula is C31H29ClN6O4. The SMILES string of the molecule is COc1cc2c(Nc3ccc(OCc4ncccc4C)cc3Cl)c(C#N)cnc2cc1OC(=O)N1CCNCC12CC2. The molecule has 4 aromatic rings. The maximum absolute atomic E-state index is 13.2. The second-order valence-corrected chi connectivity index (χ2v) is 10.8. The first-order valence-corrected chi connectivity index (χ1v) is 14.0. The zero-order valence-electron chi connectivity index (χ0n) is 23.2. The number of carbonyl (C=O) groups excluding carboxylic acids is 1. The van der Waals surface area contributed by atoms with E-state index in [2.05, 4.69) is 26.7 Å². The van der Waals surface area contributed by atoms with Crippen LogP contribution in [0, 0.1) is 18.3 Å². The van der Waals surface area contributed by atoms with E-state index in [1.165, 1.54) is 13.3 Å². The van der Waals surface area contributed by atoms with Crippen LogP contribution in [0.5, 0.6) is 17.2 Å². The van der Waals surface area contributed by atoms with Gasteiger partial charge < -0.3 is 24.8 Å². The number of methoxy groups -OCH3 is 1. The number of fused-ring (bicyclic) bond motifs is 1. The summed E-state index contributed by atoms with van der Waals surface area (Å²) in [5.41, 5.74) is 3.63. The Labute approximate surface area is 248 Å². The highest BCUT2D eigenvalue weighted by Gasteiger charge is 2.52. The van der Waals surface area contributed by atoms with Crippen molar-refractivity contribution in [2.24, 2.45) is 0 Å². The quantitative estimate of drug-likeness (QED) is 0.280. The molecule has 214 valence electrons. The predicted molar refractivity (Wildman–Crippen MR) is 159 cm³/mol. The molecule has 1 saturated carbocycles.